The Hall–Kier alpha value is -1.26. The Morgan fingerprint density at radius 1 is 1.52 bits per heavy atom. The predicted molar refractivity (Wildman–Crippen MR) is 76.0 cm³/mol. The summed E-state index contributed by atoms with van der Waals surface area (Å²) in [5.74, 6) is 0.409. The molecule has 0 aromatic carbocycles. The van der Waals surface area contributed by atoms with E-state index in [0.717, 1.165) is 12.8 Å². The molecule has 0 aromatic rings. The third-order valence-corrected chi connectivity index (χ3v) is 6.34. The summed E-state index contributed by atoms with van der Waals surface area (Å²) < 4.78 is 5.53. The maximum atomic E-state index is 12.3. The van der Waals surface area contributed by atoms with E-state index in [4.69, 9.17) is 10.3 Å². The maximum absolute atomic E-state index is 12.3. The number of ether oxygens (including phenoxy) is 1. The monoisotopic (exact) mass is 293 g/mol. The van der Waals surface area contributed by atoms with Gasteiger partial charge < -0.3 is 9.84 Å². The van der Waals surface area contributed by atoms with Crippen molar-refractivity contribution in [1.29, 1.82) is 0 Å². The first-order valence-corrected chi connectivity index (χ1v) is 7.82. The zero-order chi connectivity index (χ0) is 15.4. The van der Waals surface area contributed by atoms with Gasteiger partial charge in [-0.25, -0.2) is 0 Å². The van der Waals surface area contributed by atoms with Crippen LogP contribution in [0.2, 0.25) is 0 Å². The highest BCUT2D eigenvalue weighted by Crippen LogP contribution is 2.63. The molecule has 1 aliphatic heterocycles. The van der Waals surface area contributed by atoms with Gasteiger partial charge in [-0.05, 0) is 36.1 Å². The number of hydrogen-bond donors (Lipinski definition) is 1. The van der Waals surface area contributed by atoms with Crippen molar-refractivity contribution < 1.29 is 14.6 Å². The van der Waals surface area contributed by atoms with E-state index < -0.39 is 12.2 Å². The first-order valence-electron chi connectivity index (χ1n) is 7.82. The fourth-order valence-corrected chi connectivity index (χ4v) is 5.26. The van der Waals surface area contributed by atoms with Crippen molar-refractivity contribution in [3.8, 4) is 0 Å². The lowest BCUT2D eigenvalue weighted by Gasteiger charge is -2.49. The van der Waals surface area contributed by atoms with Gasteiger partial charge >= 0.3 is 5.97 Å². The summed E-state index contributed by atoms with van der Waals surface area (Å²) in [6.07, 6.45) is 0.724. The largest absolute Gasteiger partial charge is 0.459 e. The van der Waals surface area contributed by atoms with Crippen molar-refractivity contribution >= 4 is 5.97 Å². The molecule has 3 fully saturated rings. The van der Waals surface area contributed by atoms with Gasteiger partial charge in [0.2, 0.25) is 0 Å². The SMILES string of the molecule is CC(C)[C@@H]1[C@H]2OC(=O)[C@@H]1[C@@H]1CC[C@H](CN=[N+]=[N-])[C@]1(C)[C@H]2O. The molecule has 0 amide bonds. The van der Waals surface area contributed by atoms with Gasteiger partial charge in [0, 0.05) is 22.8 Å². The van der Waals surface area contributed by atoms with Crippen LogP contribution in [0.25, 0.3) is 10.4 Å². The zero-order valence-electron chi connectivity index (χ0n) is 12.8. The van der Waals surface area contributed by atoms with Crippen LogP contribution in [-0.2, 0) is 9.53 Å². The fraction of sp³-hybridized carbons (Fsp3) is 0.933. The lowest BCUT2D eigenvalue weighted by atomic mass is 9.55. The average Bonchev–Trinajstić information content (AvgIpc) is 2.92. The molecule has 0 radical (unpaired) electrons. The van der Waals surface area contributed by atoms with E-state index in [-0.39, 0.29) is 35.1 Å². The second kappa shape index (κ2) is 4.89. The number of fused-ring (bicyclic) bond motifs is 4. The number of esters is 1. The summed E-state index contributed by atoms with van der Waals surface area (Å²) in [6, 6.07) is 0. The Morgan fingerprint density at radius 3 is 2.86 bits per heavy atom. The summed E-state index contributed by atoms with van der Waals surface area (Å²) >= 11 is 0. The smallest absolute Gasteiger partial charge is 0.310 e. The summed E-state index contributed by atoms with van der Waals surface area (Å²) in [5, 5.41) is 14.6. The Kier molecular flexibility index (Phi) is 3.41. The van der Waals surface area contributed by atoms with Crippen molar-refractivity contribution in [1.82, 2.24) is 0 Å². The highest BCUT2D eigenvalue weighted by molar-refractivity contribution is 5.76. The quantitative estimate of drug-likeness (QED) is 0.375. The molecule has 116 valence electrons. The molecule has 6 heteroatoms. The van der Waals surface area contributed by atoms with Gasteiger partial charge in [-0.15, -0.1) is 0 Å². The summed E-state index contributed by atoms with van der Waals surface area (Å²) in [4.78, 5) is 15.2. The van der Waals surface area contributed by atoms with Crippen LogP contribution in [0.1, 0.15) is 33.6 Å². The van der Waals surface area contributed by atoms with Crippen LogP contribution in [0.5, 0.6) is 0 Å². The van der Waals surface area contributed by atoms with Crippen LogP contribution < -0.4 is 0 Å². The Bertz CT molecular complexity index is 502. The molecular formula is C15H23N3O3. The molecule has 3 rings (SSSR count). The van der Waals surface area contributed by atoms with Crippen LogP contribution in [0.3, 0.4) is 0 Å². The van der Waals surface area contributed by atoms with E-state index in [1.165, 1.54) is 0 Å². The van der Waals surface area contributed by atoms with Gasteiger partial charge in [0.1, 0.15) is 6.10 Å². The third-order valence-electron chi connectivity index (χ3n) is 6.34. The summed E-state index contributed by atoms with van der Waals surface area (Å²) in [5.41, 5.74) is 8.17. The fourth-order valence-electron chi connectivity index (χ4n) is 5.26. The Morgan fingerprint density at radius 2 is 2.24 bits per heavy atom. The number of azide groups is 1. The van der Waals surface area contributed by atoms with Gasteiger partial charge in [-0.3, -0.25) is 4.79 Å². The molecule has 2 bridgehead atoms. The molecule has 21 heavy (non-hydrogen) atoms. The maximum Gasteiger partial charge on any atom is 0.310 e. The van der Waals surface area contributed by atoms with Gasteiger partial charge in [0.15, 0.2) is 0 Å². The Balaban J connectivity index is 1.99. The molecule has 6 nitrogen and oxygen atoms in total. The number of aliphatic hydroxyl groups excluding tert-OH is 1. The minimum atomic E-state index is -0.668. The number of hydrogen-bond acceptors (Lipinski definition) is 4. The summed E-state index contributed by atoms with van der Waals surface area (Å²) in [7, 11) is 0. The molecular weight excluding hydrogens is 270 g/mol. The molecule has 0 spiro atoms. The minimum absolute atomic E-state index is 0.101. The molecule has 2 aliphatic carbocycles. The zero-order valence-corrected chi connectivity index (χ0v) is 12.8. The second-order valence-electron chi connectivity index (χ2n) is 7.35. The van der Waals surface area contributed by atoms with Gasteiger partial charge in [0.05, 0.1) is 12.0 Å². The lowest BCUT2D eigenvalue weighted by molar-refractivity contribution is -0.150. The Labute approximate surface area is 124 Å². The molecule has 1 heterocycles. The third kappa shape index (κ3) is 1.82. The molecule has 1 N–H and O–H groups in total. The van der Waals surface area contributed by atoms with Gasteiger partial charge in [-0.2, -0.15) is 0 Å². The minimum Gasteiger partial charge on any atom is -0.459 e. The van der Waals surface area contributed by atoms with Crippen LogP contribution in [0, 0.1) is 35.0 Å². The van der Waals surface area contributed by atoms with E-state index in [1.54, 1.807) is 0 Å². The summed E-state index contributed by atoms with van der Waals surface area (Å²) in [6.45, 7) is 6.62. The molecule has 0 aromatic heterocycles. The van der Waals surface area contributed by atoms with Crippen molar-refractivity contribution in [3.05, 3.63) is 10.4 Å². The second-order valence-corrected chi connectivity index (χ2v) is 7.35. The molecule has 3 aliphatic rings. The number of carbonyl (C=O) groups excluding carboxylic acids is 1. The number of aliphatic hydroxyl groups is 1. The highest BCUT2D eigenvalue weighted by atomic mass is 16.6. The van der Waals surface area contributed by atoms with Crippen molar-refractivity contribution in [2.24, 2.45) is 40.1 Å². The lowest BCUT2D eigenvalue weighted by Crippen LogP contribution is -2.57. The van der Waals surface area contributed by atoms with E-state index in [2.05, 4.69) is 23.9 Å². The predicted octanol–water partition coefficient (Wildman–Crippen LogP) is 2.52. The van der Waals surface area contributed by atoms with Crippen LogP contribution in [0.4, 0.5) is 0 Å². The highest BCUT2D eigenvalue weighted by Gasteiger charge is 2.68. The standard InChI is InChI=1S/C15H23N3O3/c1-7(2)10-11-9-5-4-8(6-17-18-16)15(9,3)13(19)12(10)21-14(11)20/h7-13,19H,4-6H2,1-3H3/t8-,9+,10+,11-,12-,13+,15+/m1/s1. The van der Waals surface area contributed by atoms with Gasteiger partial charge in [0.25, 0.3) is 0 Å². The van der Waals surface area contributed by atoms with Gasteiger partial charge in [-0.1, -0.05) is 25.9 Å². The molecule has 2 saturated carbocycles. The normalized spacial score (nSPS) is 48.0. The van der Waals surface area contributed by atoms with Crippen LogP contribution >= 0.6 is 0 Å². The van der Waals surface area contributed by atoms with E-state index in [0.29, 0.717) is 12.5 Å². The van der Waals surface area contributed by atoms with Crippen molar-refractivity contribution in [2.45, 2.75) is 45.8 Å². The molecule has 7 atom stereocenters. The topological polar surface area (TPSA) is 95.3 Å². The average molecular weight is 293 g/mol. The van der Waals surface area contributed by atoms with Crippen LogP contribution in [0.15, 0.2) is 5.11 Å². The van der Waals surface area contributed by atoms with E-state index in [9.17, 15) is 9.90 Å². The van der Waals surface area contributed by atoms with E-state index >= 15 is 0 Å². The van der Waals surface area contributed by atoms with Crippen LogP contribution in [-0.4, -0.2) is 29.8 Å². The molecule has 1 saturated heterocycles. The van der Waals surface area contributed by atoms with Crippen molar-refractivity contribution in [2.75, 3.05) is 6.54 Å². The van der Waals surface area contributed by atoms with Crippen molar-refractivity contribution in [3.63, 3.8) is 0 Å². The number of carbonyl (C=O) groups is 1. The number of rotatable bonds is 3. The first kappa shape index (κ1) is 14.7. The first-order chi connectivity index (χ1) is 9.92. The molecule has 0 unspecified atom stereocenters. The van der Waals surface area contributed by atoms with E-state index in [1.807, 2.05) is 6.92 Å². The number of nitrogens with zero attached hydrogens (tertiary/aromatic N) is 3.